The highest BCUT2D eigenvalue weighted by Crippen LogP contribution is 1.98. The summed E-state index contributed by atoms with van der Waals surface area (Å²) < 4.78 is 0. The summed E-state index contributed by atoms with van der Waals surface area (Å²) in [5.41, 5.74) is 10.1. The van der Waals surface area contributed by atoms with E-state index in [9.17, 15) is 14.4 Å². The normalized spacial score (nSPS) is 13.7. The third kappa shape index (κ3) is 5.94. The molecule has 0 spiro atoms. The molecule has 92 valence electrons. The smallest absolute Gasteiger partial charge is 0.382 e. The fraction of sp³-hybridized carbons (Fsp3) is 0.625. The summed E-state index contributed by atoms with van der Waals surface area (Å²) in [7, 11) is 0. The molecular formula is C8H14N2O6. The Morgan fingerprint density at radius 2 is 1.75 bits per heavy atom. The summed E-state index contributed by atoms with van der Waals surface area (Å²) in [5.74, 6) is -2.74. The van der Waals surface area contributed by atoms with E-state index in [2.05, 4.69) is 9.78 Å². The quantitative estimate of drug-likeness (QED) is 0.367. The summed E-state index contributed by atoms with van der Waals surface area (Å²) in [5, 5.41) is 8.69. The molecule has 0 bridgehead atoms. The van der Waals surface area contributed by atoms with Crippen molar-refractivity contribution in [2.75, 3.05) is 0 Å². The molecule has 1 unspecified atom stereocenters. The maximum absolute atomic E-state index is 11.0. The van der Waals surface area contributed by atoms with Crippen LogP contribution in [0.2, 0.25) is 0 Å². The Hall–Kier alpha value is -1.67. The van der Waals surface area contributed by atoms with Gasteiger partial charge in [-0.2, -0.15) is 0 Å². The average molecular weight is 234 g/mol. The summed E-state index contributed by atoms with van der Waals surface area (Å²) in [6.07, 6.45) is -1.50. The summed E-state index contributed by atoms with van der Waals surface area (Å²) in [6.45, 7) is 1.14. The Kier molecular flexibility index (Phi) is 6.04. The van der Waals surface area contributed by atoms with Gasteiger partial charge >= 0.3 is 11.9 Å². The molecule has 0 fully saturated rings. The SMILES string of the molecule is C[C@@H](O)C(=O)OOC(=O)C(N)CCC(N)=O. The van der Waals surface area contributed by atoms with Crippen LogP contribution in [0.4, 0.5) is 0 Å². The molecule has 0 aromatic rings. The maximum atomic E-state index is 11.0. The zero-order valence-electron chi connectivity index (χ0n) is 8.71. The lowest BCUT2D eigenvalue weighted by Crippen LogP contribution is -2.34. The van der Waals surface area contributed by atoms with E-state index in [1.807, 2.05) is 0 Å². The second-order valence-corrected chi connectivity index (χ2v) is 3.09. The molecule has 1 amide bonds. The Morgan fingerprint density at radius 1 is 1.25 bits per heavy atom. The van der Waals surface area contributed by atoms with Gasteiger partial charge in [0, 0.05) is 6.42 Å². The summed E-state index contributed by atoms with van der Waals surface area (Å²) >= 11 is 0. The number of aliphatic hydroxyl groups excluding tert-OH is 1. The lowest BCUT2D eigenvalue weighted by atomic mass is 10.2. The van der Waals surface area contributed by atoms with Gasteiger partial charge < -0.3 is 16.6 Å². The Bertz CT molecular complexity index is 278. The van der Waals surface area contributed by atoms with Crippen LogP contribution in [-0.2, 0) is 24.2 Å². The van der Waals surface area contributed by atoms with E-state index in [-0.39, 0.29) is 12.8 Å². The molecule has 8 nitrogen and oxygen atoms in total. The van der Waals surface area contributed by atoms with Crippen molar-refractivity contribution in [3.8, 4) is 0 Å². The van der Waals surface area contributed by atoms with Gasteiger partial charge in [-0.05, 0) is 13.3 Å². The predicted octanol–water partition coefficient (Wildman–Crippen LogP) is -2.04. The van der Waals surface area contributed by atoms with E-state index >= 15 is 0 Å². The van der Waals surface area contributed by atoms with Crippen molar-refractivity contribution >= 4 is 17.8 Å². The lowest BCUT2D eigenvalue weighted by molar-refractivity contribution is -0.264. The first kappa shape index (κ1) is 14.3. The standard InChI is InChI=1S/C8H14N2O6/c1-4(11)7(13)15-16-8(14)5(9)2-3-6(10)12/h4-5,11H,2-3,9H2,1H3,(H2,10,12)/t4-,5?/m1/s1. The first-order chi connectivity index (χ1) is 7.34. The van der Waals surface area contributed by atoms with Gasteiger partial charge in [0.05, 0.1) is 0 Å². The molecule has 0 aromatic carbocycles. The Labute approximate surface area is 91.4 Å². The van der Waals surface area contributed by atoms with E-state index in [1.54, 1.807) is 0 Å². The number of carbonyl (C=O) groups excluding carboxylic acids is 3. The fourth-order valence-corrected chi connectivity index (χ4v) is 0.629. The Balaban J connectivity index is 3.88. The van der Waals surface area contributed by atoms with Gasteiger partial charge in [-0.3, -0.25) is 4.79 Å². The number of hydrogen-bond acceptors (Lipinski definition) is 7. The second kappa shape index (κ2) is 6.75. The van der Waals surface area contributed by atoms with Crippen LogP contribution >= 0.6 is 0 Å². The third-order valence-corrected chi connectivity index (χ3v) is 1.55. The molecule has 5 N–H and O–H groups in total. The first-order valence-corrected chi connectivity index (χ1v) is 4.48. The largest absolute Gasteiger partial charge is 0.383 e. The number of carbonyl (C=O) groups is 3. The van der Waals surface area contributed by atoms with Crippen molar-refractivity contribution in [1.82, 2.24) is 0 Å². The zero-order valence-corrected chi connectivity index (χ0v) is 8.71. The topological polar surface area (TPSA) is 142 Å². The van der Waals surface area contributed by atoms with Crippen LogP contribution in [0.5, 0.6) is 0 Å². The number of amides is 1. The molecule has 0 rings (SSSR count). The minimum absolute atomic E-state index is 0.0135. The molecule has 0 radical (unpaired) electrons. The number of primary amides is 1. The van der Waals surface area contributed by atoms with Crippen molar-refractivity contribution in [2.45, 2.75) is 31.9 Å². The Morgan fingerprint density at radius 3 is 2.19 bits per heavy atom. The van der Waals surface area contributed by atoms with E-state index in [0.717, 1.165) is 6.92 Å². The highest BCUT2D eigenvalue weighted by atomic mass is 17.2. The molecule has 0 aromatic heterocycles. The van der Waals surface area contributed by atoms with Gasteiger partial charge in [0.25, 0.3) is 0 Å². The molecule has 16 heavy (non-hydrogen) atoms. The van der Waals surface area contributed by atoms with Gasteiger partial charge in [0.2, 0.25) is 5.91 Å². The van der Waals surface area contributed by atoms with E-state index in [1.165, 1.54) is 0 Å². The molecule has 0 saturated carbocycles. The highest BCUT2D eigenvalue weighted by Gasteiger charge is 2.20. The summed E-state index contributed by atoms with van der Waals surface area (Å²) in [6, 6.07) is -1.12. The van der Waals surface area contributed by atoms with Crippen molar-refractivity contribution in [3.63, 3.8) is 0 Å². The van der Waals surface area contributed by atoms with Crippen LogP contribution in [0.15, 0.2) is 0 Å². The fourth-order valence-electron chi connectivity index (χ4n) is 0.629. The number of aliphatic hydroxyl groups is 1. The van der Waals surface area contributed by atoms with Gasteiger partial charge in [-0.1, -0.05) is 0 Å². The molecule has 0 saturated heterocycles. The molecule has 0 heterocycles. The minimum atomic E-state index is -1.41. The van der Waals surface area contributed by atoms with Crippen LogP contribution in [-0.4, -0.2) is 35.1 Å². The monoisotopic (exact) mass is 234 g/mol. The molecule has 2 atom stereocenters. The average Bonchev–Trinajstić information content (AvgIpc) is 2.21. The molecule has 8 heteroatoms. The highest BCUT2D eigenvalue weighted by molar-refractivity contribution is 5.79. The first-order valence-electron chi connectivity index (χ1n) is 4.48. The van der Waals surface area contributed by atoms with Gasteiger partial charge in [0.1, 0.15) is 6.04 Å². The van der Waals surface area contributed by atoms with Crippen molar-refractivity contribution in [2.24, 2.45) is 11.5 Å². The molecule has 0 aliphatic rings. The molecular weight excluding hydrogens is 220 g/mol. The maximum Gasteiger partial charge on any atom is 0.383 e. The van der Waals surface area contributed by atoms with Crippen LogP contribution < -0.4 is 11.5 Å². The van der Waals surface area contributed by atoms with E-state index in [0.29, 0.717) is 0 Å². The molecule has 0 aliphatic carbocycles. The van der Waals surface area contributed by atoms with Crippen LogP contribution in [0, 0.1) is 0 Å². The number of nitrogens with two attached hydrogens (primary N) is 2. The number of hydrogen-bond donors (Lipinski definition) is 3. The van der Waals surface area contributed by atoms with Crippen LogP contribution in [0.1, 0.15) is 19.8 Å². The van der Waals surface area contributed by atoms with Crippen LogP contribution in [0.25, 0.3) is 0 Å². The lowest BCUT2D eigenvalue weighted by Gasteiger charge is -2.09. The zero-order chi connectivity index (χ0) is 12.7. The number of rotatable bonds is 5. The van der Waals surface area contributed by atoms with Crippen molar-refractivity contribution in [3.05, 3.63) is 0 Å². The second-order valence-electron chi connectivity index (χ2n) is 3.09. The van der Waals surface area contributed by atoms with E-state index < -0.39 is 30.0 Å². The predicted molar refractivity (Wildman–Crippen MR) is 50.3 cm³/mol. The van der Waals surface area contributed by atoms with Crippen molar-refractivity contribution < 1.29 is 29.3 Å². The minimum Gasteiger partial charge on any atom is -0.382 e. The van der Waals surface area contributed by atoms with E-state index in [4.69, 9.17) is 16.6 Å². The van der Waals surface area contributed by atoms with Crippen molar-refractivity contribution in [1.29, 1.82) is 0 Å². The third-order valence-electron chi connectivity index (χ3n) is 1.55. The van der Waals surface area contributed by atoms with Gasteiger partial charge in [0.15, 0.2) is 6.10 Å². The summed E-state index contributed by atoms with van der Waals surface area (Å²) in [4.78, 5) is 40.1. The van der Waals surface area contributed by atoms with Gasteiger partial charge in [-0.25, -0.2) is 19.4 Å². The van der Waals surface area contributed by atoms with Gasteiger partial charge in [-0.15, -0.1) is 0 Å². The van der Waals surface area contributed by atoms with Crippen LogP contribution in [0.3, 0.4) is 0 Å². The molecule has 0 aliphatic heterocycles.